The normalized spacial score (nSPS) is 19.1. The van der Waals surface area contributed by atoms with Gasteiger partial charge in [0, 0.05) is 29.9 Å². The van der Waals surface area contributed by atoms with Gasteiger partial charge in [0.1, 0.15) is 0 Å². The zero-order valence-electron chi connectivity index (χ0n) is 19.2. The average Bonchev–Trinajstić information content (AvgIpc) is 3.51. The molecule has 1 aliphatic carbocycles. The summed E-state index contributed by atoms with van der Waals surface area (Å²) in [6, 6.07) is 9.17. The number of piperidine rings is 1. The summed E-state index contributed by atoms with van der Waals surface area (Å²) in [6.45, 7) is 4.51. The standard InChI is InChI=1S/C24H29N5O3S/c1-15-7-10-18(20(12-15)27-33(3,31)32)24(30)28-11-5-4-6-22(28)21-14-23-25-19(17-8-9-17)13-16(2)29(23)26-21/h7,10,12-14,17,22,27H,4-6,8-9,11H2,1-3H3/t22-/m0/s1. The van der Waals surface area contributed by atoms with E-state index >= 15 is 0 Å². The maximum atomic E-state index is 13.7. The number of aryl methyl sites for hydroxylation is 2. The molecule has 5 rings (SSSR count). The topological polar surface area (TPSA) is 96.7 Å². The third kappa shape index (κ3) is 4.46. The molecule has 174 valence electrons. The second-order valence-electron chi connectivity index (χ2n) is 9.37. The third-order valence-electron chi connectivity index (χ3n) is 6.45. The number of benzene rings is 1. The number of amides is 1. The number of likely N-dealkylation sites (tertiary alicyclic amines) is 1. The number of rotatable bonds is 5. The van der Waals surface area contributed by atoms with E-state index in [1.807, 2.05) is 35.4 Å². The molecule has 2 aliphatic rings. The Balaban J connectivity index is 1.51. The molecule has 1 saturated carbocycles. The largest absolute Gasteiger partial charge is 0.330 e. The average molecular weight is 468 g/mol. The van der Waals surface area contributed by atoms with Crippen LogP contribution in [0.3, 0.4) is 0 Å². The van der Waals surface area contributed by atoms with Gasteiger partial charge in [-0.25, -0.2) is 17.9 Å². The number of carbonyl (C=O) groups is 1. The minimum absolute atomic E-state index is 0.177. The zero-order valence-corrected chi connectivity index (χ0v) is 20.0. The third-order valence-corrected chi connectivity index (χ3v) is 7.04. The minimum atomic E-state index is -3.52. The van der Waals surface area contributed by atoms with E-state index in [4.69, 9.17) is 10.1 Å². The van der Waals surface area contributed by atoms with Crippen LogP contribution in [0, 0.1) is 13.8 Å². The van der Waals surface area contributed by atoms with Crippen molar-refractivity contribution in [2.75, 3.05) is 17.5 Å². The van der Waals surface area contributed by atoms with Crippen LogP contribution >= 0.6 is 0 Å². The van der Waals surface area contributed by atoms with Crippen LogP contribution in [0.1, 0.15) is 77.1 Å². The number of hydrogen-bond acceptors (Lipinski definition) is 5. The van der Waals surface area contributed by atoms with E-state index in [0.717, 1.165) is 53.8 Å². The van der Waals surface area contributed by atoms with Crippen molar-refractivity contribution < 1.29 is 13.2 Å². The highest BCUT2D eigenvalue weighted by Gasteiger charge is 2.33. The van der Waals surface area contributed by atoms with Crippen molar-refractivity contribution in [1.82, 2.24) is 19.5 Å². The van der Waals surface area contributed by atoms with Crippen LogP contribution in [0.4, 0.5) is 5.69 Å². The quantitative estimate of drug-likeness (QED) is 0.613. The molecule has 3 heterocycles. The molecule has 1 saturated heterocycles. The molecule has 33 heavy (non-hydrogen) atoms. The van der Waals surface area contributed by atoms with Crippen LogP contribution < -0.4 is 4.72 Å². The zero-order chi connectivity index (χ0) is 23.3. The van der Waals surface area contributed by atoms with Gasteiger partial charge < -0.3 is 4.90 Å². The summed E-state index contributed by atoms with van der Waals surface area (Å²) in [6.07, 6.45) is 6.19. The minimum Gasteiger partial charge on any atom is -0.330 e. The molecule has 0 spiro atoms. The fraction of sp³-hybridized carbons (Fsp3) is 0.458. The number of fused-ring (bicyclic) bond motifs is 1. The number of hydrogen-bond donors (Lipinski definition) is 1. The molecular formula is C24H29N5O3S. The number of anilines is 1. The van der Waals surface area contributed by atoms with Gasteiger partial charge in [0.25, 0.3) is 5.91 Å². The molecule has 1 aromatic carbocycles. The van der Waals surface area contributed by atoms with E-state index in [1.165, 1.54) is 12.8 Å². The maximum absolute atomic E-state index is 13.7. The fourth-order valence-electron chi connectivity index (χ4n) is 4.68. The predicted molar refractivity (Wildman–Crippen MR) is 127 cm³/mol. The smallest absolute Gasteiger partial charge is 0.256 e. The molecule has 0 radical (unpaired) electrons. The highest BCUT2D eigenvalue weighted by Crippen LogP contribution is 2.40. The van der Waals surface area contributed by atoms with Crippen molar-refractivity contribution in [3.05, 3.63) is 58.5 Å². The second-order valence-corrected chi connectivity index (χ2v) is 11.1. The van der Waals surface area contributed by atoms with Crippen LogP contribution in [-0.2, 0) is 10.0 Å². The molecule has 0 unspecified atom stereocenters. The molecular weight excluding hydrogens is 438 g/mol. The Morgan fingerprint density at radius 2 is 1.85 bits per heavy atom. The van der Waals surface area contributed by atoms with E-state index in [2.05, 4.69) is 10.8 Å². The molecule has 3 aromatic rings. The van der Waals surface area contributed by atoms with Crippen molar-refractivity contribution in [3.8, 4) is 0 Å². The summed E-state index contributed by atoms with van der Waals surface area (Å²) in [5.41, 5.74) is 5.36. The highest BCUT2D eigenvalue weighted by atomic mass is 32.2. The molecule has 2 fully saturated rings. The molecule has 1 N–H and O–H groups in total. The van der Waals surface area contributed by atoms with E-state index in [1.54, 1.807) is 12.1 Å². The van der Waals surface area contributed by atoms with Crippen molar-refractivity contribution in [1.29, 1.82) is 0 Å². The summed E-state index contributed by atoms with van der Waals surface area (Å²) in [5.74, 6) is 0.369. The van der Waals surface area contributed by atoms with Crippen LogP contribution in [0.15, 0.2) is 30.3 Å². The Bertz CT molecular complexity index is 1340. The summed E-state index contributed by atoms with van der Waals surface area (Å²) < 4.78 is 28.2. The summed E-state index contributed by atoms with van der Waals surface area (Å²) >= 11 is 0. The summed E-state index contributed by atoms with van der Waals surface area (Å²) in [4.78, 5) is 20.3. The van der Waals surface area contributed by atoms with E-state index in [0.29, 0.717) is 23.7 Å². The highest BCUT2D eigenvalue weighted by molar-refractivity contribution is 7.92. The Morgan fingerprint density at radius 3 is 2.58 bits per heavy atom. The number of nitrogens with zero attached hydrogens (tertiary/aromatic N) is 4. The molecule has 1 atom stereocenters. The van der Waals surface area contributed by atoms with E-state index in [-0.39, 0.29) is 11.9 Å². The molecule has 2 aromatic heterocycles. The Hall–Kier alpha value is -2.94. The van der Waals surface area contributed by atoms with Gasteiger partial charge in [-0.05, 0) is 69.7 Å². The van der Waals surface area contributed by atoms with Crippen molar-refractivity contribution in [3.63, 3.8) is 0 Å². The first-order valence-electron chi connectivity index (χ1n) is 11.5. The Morgan fingerprint density at radius 1 is 1.06 bits per heavy atom. The molecule has 1 amide bonds. The molecule has 8 nitrogen and oxygen atoms in total. The number of sulfonamides is 1. The number of nitrogens with one attached hydrogen (secondary N) is 1. The Kier molecular flexibility index (Phi) is 5.39. The van der Waals surface area contributed by atoms with Gasteiger partial charge in [-0.2, -0.15) is 5.10 Å². The molecule has 1 aliphatic heterocycles. The van der Waals surface area contributed by atoms with Gasteiger partial charge in [-0.1, -0.05) is 6.07 Å². The molecule has 0 bridgehead atoms. The van der Waals surface area contributed by atoms with Gasteiger partial charge in [-0.3, -0.25) is 9.52 Å². The number of carbonyl (C=O) groups excluding carboxylic acids is 1. The van der Waals surface area contributed by atoms with E-state index < -0.39 is 10.0 Å². The van der Waals surface area contributed by atoms with Crippen molar-refractivity contribution in [2.45, 2.75) is 57.9 Å². The lowest BCUT2D eigenvalue weighted by atomic mass is 9.97. The van der Waals surface area contributed by atoms with Crippen LogP contribution in [-0.4, -0.2) is 46.6 Å². The lowest BCUT2D eigenvalue weighted by Gasteiger charge is -2.35. The predicted octanol–water partition coefficient (Wildman–Crippen LogP) is 3.96. The second kappa shape index (κ2) is 8.13. The Labute approximate surface area is 194 Å². The van der Waals surface area contributed by atoms with Crippen LogP contribution in [0.25, 0.3) is 5.65 Å². The first-order chi connectivity index (χ1) is 15.7. The lowest BCUT2D eigenvalue weighted by Crippen LogP contribution is -2.39. The first-order valence-corrected chi connectivity index (χ1v) is 13.4. The van der Waals surface area contributed by atoms with Gasteiger partial charge >= 0.3 is 0 Å². The van der Waals surface area contributed by atoms with Gasteiger partial charge in [-0.15, -0.1) is 0 Å². The van der Waals surface area contributed by atoms with Crippen LogP contribution in [0.2, 0.25) is 0 Å². The summed E-state index contributed by atoms with van der Waals surface area (Å²) in [5, 5.41) is 4.83. The fourth-order valence-corrected chi connectivity index (χ4v) is 5.25. The van der Waals surface area contributed by atoms with E-state index in [9.17, 15) is 13.2 Å². The first kappa shape index (κ1) is 21.9. The molecule has 9 heteroatoms. The SMILES string of the molecule is Cc1ccc(C(=O)N2CCCC[C@H]2c2cc3nc(C4CC4)cc(C)n3n2)c(NS(C)(=O)=O)c1. The number of aromatic nitrogens is 3. The van der Waals surface area contributed by atoms with Crippen molar-refractivity contribution in [2.24, 2.45) is 0 Å². The van der Waals surface area contributed by atoms with Gasteiger partial charge in [0.05, 0.1) is 29.2 Å². The van der Waals surface area contributed by atoms with Gasteiger partial charge in [0.2, 0.25) is 10.0 Å². The van der Waals surface area contributed by atoms with Crippen molar-refractivity contribution >= 4 is 27.3 Å². The van der Waals surface area contributed by atoms with Gasteiger partial charge in [0.15, 0.2) is 5.65 Å². The summed E-state index contributed by atoms with van der Waals surface area (Å²) in [7, 11) is -3.52. The lowest BCUT2D eigenvalue weighted by molar-refractivity contribution is 0.0607. The monoisotopic (exact) mass is 467 g/mol. The maximum Gasteiger partial charge on any atom is 0.256 e. The van der Waals surface area contributed by atoms with Crippen LogP contribution in [0.5, 0.6) is 0 Å².